The van der Waals surface area contributed by atoms with Crippen molar-refractivity contribution in [3.8, 4) is 0 Å². The van der Waals surface area contributed by atoms with E-state index < -0.39 is 0 Å². The third kappa shape index (κ3) is 5.91. The number of rotatable bonds is 5. The lowest BCUT2D eigenvalue weighted by molar-refractivity contribution is -0.856. The molecule has 0 aliphatic heterocycles. The maximum atomic E-state index is 5.21. The van der Waals surface area contributed by atoms with E-state index in [0.29, 0.717) is 5.11 Å². The summed E-state index contributed by atoms with van der Waals surface area (Å²) in [5.74, 6) is 0. The van der Waals surface area contributed by atoms with E-state index in [2.05, 4.69) is 43.1 Å². The molecule has 0 saturated heterocycles. The van der Waals surface area contributed by atoms with Gasteiger partial charge in [-0.25, -0.2) is 0 Å². The first-order valence-electron chi connectivity index (χ1n) is 5.59. The molecule has 3 nitrogen and oxygen atoms in total. The number of hydrogen-bond donors (Lipinski definition) is 3. The topological polar surface area (TPSA) is 28.5 Å². The maximum absolute atomic E-state index is 5.21. The van der Waals surface area contributed by atoms with Gasteiger partial charge in [-0.3, -0.25) is 0 Å². The molecular formula is C12H20N3S2+. The smallest absolute Gasteiger partial charge is 0.170 e. The van der Waals surface area contributed by atoms with E-state index in [1.807, 2.05) is 12.1 Å². The Hall–Kier alpha value is -0.780. The first-order chi connectivity index (χ1) is 8.11. The molecule has 0 fully saturated rings. The molecular weight excluding hydrogens is 250 g/mol. The number of quaternary nitrogens is 1. The molecule has 0 saturated carbocycles. The Balaban J connectivity index is 2.34. The Kier molecular flexibility index (Phi) is 6.32. The van der Waals surface area contributed by atoms with Crippen molar-refractivity contribution in [2.75, 3.05) is 38.8 Å². The Labute approximate surface area is 113 Å². The van der Waals surface area contributed by atoms with E-state index in [4.69, 9.17) is 12.2 Å². The van der Waals surface area contributed by atoms with E-state index in [1.165, 1.54) is 9.80 Å². The third-order valence-corrected chi connectivity index (χ3v) is 3.25. The molecule has 0 aliphatic carbocycles. The highest BCUT2D eigenvalue weighted by Gasteiger charge is 1.98. The SMILES string of the molecule is CSc1ccc(NC(=S)NCC[NH+](C)C)cc1. The van der Waals surface area contributed by atoms with Crippen molar-refractivity contribution in [2.24, 2.45) is 0 Å². The first-order valence-corrected chi connectivity index (χ1v) is 7.23. The number of anilines is 1. The van der Waals surface area contributed by atoms with E-state index >= 15 is 0 Å². The second kappa shape index (κ2) is 7.53. The second-order valence-electron chi connectivity index (χ2n) is 4.07. The minimum Gasteiger partial charge on any atom is -0.357 e. The van der Waals surface area contributed by atoms with Gasteiger partial charge in [0.1, 0.15) is 0 Å². The predicted octanol–water partition coefficient (Wildman–Crippen LogP) is 0.839. The summed E-state index contributed by atoms with van der Waals surface area (Å²) in [6.07, 6.45) is 2.07. The fraction of sp³-hybridized carbons (Fsp3) is 0.417. The Morgan fingerprint density at radius 2 is 1.94 bits per heavy atom. The molecule has 17 heavy (non-hydrogen) atoms. The highest BCUT2D eigenvalue weighted by Crippen LogP contribution is 2.17. The molecule has 0 radical (unpaired) electrons. The Morgan fingerprint density at radius 3 is 2.47 bits per heavy atom. The van der Waals surface area contributed by atoms with Crippen molar-refractivity contribution < 1.29 is 4.90 Å². The summed E-state index contributed by atoms with van der Waals surface area (Å²) in [4.78, 5) is 2.66. The zero-order valence-electron chi connectivity index (χ0n) is 10.5. The lowest BCUT2D eigenvalue weighted by Gasteiger charge is -2.12. The number of thiocarbonyl (C=S) groups is 1. The van der Waals surface area contributed by atoms with Crippen LogP contribution in [0.15, 0.2) is 29.2 Å². The minimum atomic E-state index is 0.683. The second-order valence-corrected chi connectivity index (χ2v) is 5.35. The van der Waals surface area contributed by atoms with E-state index in [-0.39, 0.29) is 0 Å². The number of nitrogens with one attached hydrogen (secondary N) is 3. The van der Waals surface area contributed by atoms with Crippen LogP contribution in [0.25, 0.3) is 0 Å². The quantitative estimate of drug-likeness (QED) is 0.546. The van der Waals surface area contributed by atoms with Crippen LogP contribution in [0.1, 0.15) is 0 Å². The molecule has 0 heterocycles. The van der Waals surface area contributed by atoms with Crippen LogP contribution in [0.2, 0.25) is 0 Å². The van der Waals surface area contributed by atoms with Gasteiger partial charge < -0.3 is 15.5 Å². The summed E-state index contributed by atoms with van der Waals surface area (Å²) in [7, 11) is 4.25. The standard InChI is InChI=1S/C12H19N3S2/c1-15(2)9-8-13-12(16)14-10-4-6-11(17-3)7-5-10/h4-7H,8-9H2,1-3H3,(H2,13,14,16)/p+1. The van der Waals surface area contributed by atoms with Crippen LogP contribution >= 0.6 is 24.0 Å². The predicted molar refractivity (Wildman–Crippen MR) is 80.1 cm³/mol. The monoisotopic (exact) mass is 270 g/mol. The molecule has 1 rings (SSSR count). The average Bonchev–Trinajstić information content (AvgIpc) is 2.29. The zero-order valence-corrected chi connectivity index (χ0v) is 12.2. The van der Waals surface area contributed by atoms with Crippen molar-refractivity contribution in [1.82, 2.24) is 5.32 Å². The molecule has 0 aliphatic rings. The van der Waals surface area contributed by atoms with Gasteiger partial charge in [-0.05, 0) is 42.7 Å². The van der Waals surface area contributed by atoms with Gasteiger partial charge in [-0.15, -0.1) is 11.8 Å². The highest BCUT2D eigenvalue weighted by molar-refractivity contribution is 7.98. The molecule has 0 aromatic heterocycles. The molecule has 94 valence electrons. The summed E-state index contributed by atoms with van der Waals surface area (Å²) in [6, 6.07) is 8.24. The van der Waals surface area contributed by atoms with Crippen LogP contribution in [0.4, 0.5) is 5.69 Å². The molecule has 1 aromatic carbocycles. The summed E-state index contributed by atoms with van der Waals surface area (Å²) in [5.41, 5.74) is 1.03. The highest BCUT2D eigenvalue weighted by atomic mass is 32.2. The average molecular weight is 270 g/mol. The summed E-state index contributed by atoms with van der Waals surface area (Å²) in [6.45, 7) is 1.93. The van der Waals surface area contributed by atoms with Gasteiger partial charge in [-0.1, -0.05) is 0 Å². The van der Waals surface area contributed by atoms with Gasteiger partial charge in [-0.2, -0.15) is 0 Å². The van der Waals surface area contributed by atoms with Crippen LogP contribution in [0, 0.1) is 0 Å². The Morgan fingerprint density at radius 1 is 1.29 bits per heavy atom. The Bertz CT molecular complexity index is 349. The van der Waals surface area contributed by atoms with Gasteiger partial charge in [0.2, 0.25) is 0 Å². The van der Waals surface area contributed by atoms with Gasteiger partial charge >= 0.3 is 0 Å². The van der Waals surface area contributed by atoms with Gasteiger partial charge in [0.25, 0.3) is 0 Å². The largest absolute Gasteiger partial charge is 0.357 e. The number of benzene rings is 1. The number of hydrogen-bond acceptors (Lipinski definition) is 2. The van der Waals surface area contributed by atoms with E-state index in [9.17, 15) is 0 Å². The van der Waals surface area contributed by atoms with E-state index in [1.54, 1.807) is 11.8 Å². The molecule has 0 spiro atoms. The normalized spacial score (nSPS) is 10.4. The molecule has 0 unspecified atom stereocenters. The summed E-state index contributed by atoms with van der Waals surface area (Å²) >= 11 is 6.95. The van der Waals surface area contributed by atoms with Crippen molar-refractivity contribution in [3.05, 3.63) is 24.3 Å². The fourth-order valence-electron chi connectivity index (χ4n) is 1.28. The summed E-state index contributed by atoms with van der Waals surface area (Å²) < 4.78 is 0. The molecule has 3 N–H and O–H groups in total. The lowest BCUT2D eigenvalue weighted by atomic mass is 10.3. The van der Waals surface area contributed by atoms with Crippen LogP contribution in [-0.4, -0.2) is 38.6 Å². The molecule has 0 bridgehead atoms. The minimum absolute atomic E-state index is 0.683. The fourth-order valence-corrected chi connectivity index (χ4v) is 1.90. The third-order valence-electron chi connectivity index (χ3n) is 2.26. The maximum Gasteiger partial charge on any atom is 0.170 e. The lowest BCUT2D eigenvalue weighted by Crippen LogP contribution is -3.06. The van der Waals surface area contributed by atoms with Crippen LogP contribution in [0.5, 0.6) is 0 Å². The van der Waals surface area contributed by atoms with Crippen molar-refractivity contribution in [3.63, 3.8) is 0 Å². The van der Waals surface area contributed by atoms with Crippen molar-refractivity contribution in [1.29, 1.82) is 0 Å². The van der Waals surface area contributed by atoms with Crippen LogP contribution in [-0.2, 0) is 0 Å². The van der Waals surface area contributed by atoms with Crippen molar-refractivity contribution in [2.45, 2.75) is 4.90 Å². The molecule has 0 atom stereocenters. The van der Waals surface area contributed by atoms with Crippen molar-refractivity contribution >= 4 is 34.8 Å². The van der Waals surface area contributed by atoms with Crippen LogP contribution in [0.3, 0.4) is 0 Å². The summed E-state index contributed by atoms with van der Waals surface area (Å²) in [5, 5.41) is 7.04. The first kappa shape index (κ1) is 14.3. The van der Waals surface area contributed by atoms with Crippen LogP contribution < -0.4 is 15.5 Å². The molecule has 0 amide bonds. The molecule has 5 heteroatoms. The number of likely N-dealkylation sites (N-methyl/N-ethyl adjacent to an activating group) is 1. The van der Waals surface area contributed by atoms with Gasteiger partial charge in [0, 0.05) is 10.6 Å². The van der Waals surface area contributed by atoms with E-state index in [0.717, 1.165) is 18.8 Å². The number of thioether (sulfide) groups is 1. The van der Waals surface area contributed by atoms with Gasteiger partial charge in [0.05, 0.1) is 27.2 Å². The molecule has 1 aromatic rings. The van der Waals surface area contributed by atoms with Gasteiger partial charge in [0.15, 0.2) is 5.11 Å². The zero-order chi connectivity index (χ0) is 12.7.